The highest BCUT2D eigenvalue weighted by Crippen LogP contribution is 2.19. The first kappa shape index (κ1) is 16.6. The molecule has 1 N–H and O–H groups in total. The van der Waals surface area contributed by atoms with Crippen LogP contribution in [0.3, 0.4) is 0 Å². The molecule has 8 heteroatoms. The Balaban J connectivity index is 1.50. The second-order valence-corrected chi connectivity index (χ2v) is 6.34. The van der Waals surface area contributed by atoms with Gasteiger partial charge in [0, 0.05) is 25.1 Å². The Morgan fingerprint density at radius 3 is 2.92 bits per heavy atom. The van der Waals surface area contributed by atoms with Crippen molar-refractivity contribution in [2.75, 3.05) is 18.4 Å². The smallest absolute Gasteiger partial charge is 0.226 e. The Hall–Kier alpha value is -2.22. The standard InChI is InChI=1S/C16H24N6O2/c1-11-9-15(20-24-11)18-16(23)6-8-21-7-4-5-14(21)10-22-13(3)17-12(2)19-22/h9,14H,4-8,10H2,1-3H3,(H,18,20,23)/t14-/m0/s1. The van der Waals surface area contributed by atoms with Gasteiger partial charge < -0.3 is 9.84 Å². The molecule has 0 saturated carbocycles. The van der Waals surface area contributed by atoms with Gasteiger partial charge in [-0.05, 0) is 40.2 Å². The molecule has 3 heterocycles. The molecule has 0 aliphatic carbocycles. The Morgan fingerprint density at radius 1 is 1.42 bits per heavy atom. The van der Waals surface area contributed by atoms with Crippen LogP contribution >= 0.6 is 0 Å². The number of amides is 1. The Bertz CT molecular complexity index is 707. The lowest BCUT2D eigenvalue weighted by molar-refractivity contribution is -0.116. The zero-order chi connectivity index (χ0) is 17.1. The molecule has 0 spiro atoms. The highest BCUT2D eigenvalue weighted by atomic mass is 16.5. The molecule has 1 amide bonds. The molecule has 3 rings (SSSR count). The summed E-state index contributed by atoms with van der Waals surface area (Å²) in [6.45, 7) is 8.27. The molecule has 130 valence electrons. The number of aromatic nitrogens is 4. The van der Waals surface area contributed by atoms with E-state index in [2.05, 4.69) is 25.5 Å². The van der Waals surface area contributed by atoms with Crippen LogP contribution in [0.15, 0.2) is 10.6 Å². The largest absolute Gasteiger partial charge is 0.360 e. The lowest BCUT2D eigenvalue weighted by atomic mass is 10.2. The van der Waals surface area contributed by atoms with Crippen molar-refractivity contribution in [2.45, 2.75) is 52.6 Å². The van der Waals surface area contributed by atoms with Crippen molar-refractivity contribution in [3.8, 4) is 0 Å². The summed E-state index contributed by atoms with van der Waals surface area (Å²) in [5.74, 6) is 2.87. The Kier molecular flexibility index (Phi) is 4.94. The summed E-state index contributed by atoms with van der Waals surface area (Å²) < 4.78 is 6.92. The van der Waals surface area contributed by atoms with E-state index in [4.69, 9.17) is 4.52 Å². The topological polar surface area (TPSA) is 89.1 Å². The molecular formula is C16H24N6O2. The minimum absolute atomic E-state index is 0.0401. The number of nitrogens with zero attached hydrogens (tertiary/aromatic N) is 5. The highest BCUT2D eigenvalue weighted by Gasteiger charge is 2.26. The third-order valence-corrected chi connectivity index (χ3v) is 4.37. The lowest BCUT2D eigenvalue weighted by Gasteiger charge is -2.24. The second kappa shape index (κ2) is 7.12. The van der Waals surface area contributed by atoms with E-state index in [9.17, 15) is 4.79 Å². The maximum Gasteiger partial charge on any atom is 0.226 e. The van der Waals surface area contributed by atoms with Crippen molar-refractivity contribution in [3.63, 3.8) is 0 Å². The van der Waals surface area contributed by atoms with Crippen LogP contribution in [0, 0.1) is 20.8 Å². The van der Waals surface area contributed by atoms with Gasteiger partial charge in [0.1, 0.15) is 17.4 Å². The zero-order valence-electron chi connectivity index (χ0n) is 14.4. The molecular weight excluding hydrogens is 308 g/mol. The number of carbonyl (C=O) groups is 1. The lowest BCUT2D eigenvalue weighted by Crippen LogP contribution is -2.35. The van der Waals surface area contributed by atoms with Gasteiger partial charge in [-0.1, -0.05) is 5.16 Å². The quantitative estimate of drug-likeness (QED) is 0.866. The average Bonchev–Trinajstić information content (AvgIpc) is 3.20. The molecule has 0 unspecified atom stereocenters. The predicted octanol–water partition coefficient (Wildman–Crippen LogP) is 1.68. The van der Waals surface area contributed by atoms with Gasteiger partial charge in [-0.2, -0.15) is 5.10 Å². The molecule has 1 fully saturated rings. The first-order chi connectivity index (χ1) is 11.5. The number of aryl methyl sites for hydroxylation is 3. The molecule has 0 radical (unpaired) electrons. The van der Waals surface area contributed by atoms with Crippen LogP contribution in [0.4, 0.5) is 5.82 Å². The fraction of sp³-hybridized carbons (Fsp3) is 0.625. The second-order valence-electron chi connectivity index (χ2n) is 6.34. The SMILES string of the molecule is Cc1nc(C)n(C[C@@H]2CCCN2CCC(=O)Nc2cc(C)on2)n1. The number of hydrogen-bond donors (Lipinski definition) is 1. The molecule has 24 heavy (non-hydrogen) atoms. The van der Waals surface area contributed by atoms with Gasteiger partial charge in [0.05, 0.1) is 6.54 Å². The van der Waals surface area contributed by atoms with Gasteiger partial charge in [-0.15, -0.1) is 0 Å². The monoisotopic (exact) mass is 332 g/mol. The summed E-state index contributed by atoms with van der Waals surface area (Å²) in [6, 6.07) is 2.12. The number of anilines is 1. The first-order valence-corrected chi connectivity index (χ1v) is 8.36. The van der Waals surface area contributed by atoms with Gasteiger partial charge in [0.25, 0.3) is 0 Å². The van der Waals surface area contributed by atoms with Crippen LogP contribution in [0.1, 0.15) is 36.7 Å². The van der Waals surface area contributed by atoms with Crippen molar-refractivity contribution in [2.24, 2.45) is 0 Å². The van der Waals surface area contributed by atoms with Crippen molar-refractivity contribution in [1.82, 2.24) is 24.8 Å². The van der Waals surface area contributed by atoms with Crippen LogP contribution in [0.5, 0.6) is 0 Å². The maximum atomic E-state index is 12.1. The molecule has 1 atom stereocenters. The minimum Gasteiger partial charge on any atom is -0.360 e. The van der Waals surface area contributed by atoms with Gasteiger partial charge >= 0.3 is 0 Å². The van der Waals surface area contributed by atoms with E-state index >= 15 is 0 Å². The third-order valence-electron chi connectivity index (χ3n) is 4.37. The summed E-state index contributed by atoms with van der Waals surface area (Å²) in [6.07, 6.45) is 2.72. The fourth-order valence-corrected chi connectivity index (χ4v) is 3.21. The van der Waals surface area contributed by atoms with Crippen LogP contribution in [0.2, 0.25) is 0 Å². The summed E-state index contributed by atoms with van der Waals surface area (Å²) >= 11 is 0. The number of hydrogen-bond acceptors (Lipinski definition) is 6. The van der Waals surface area contributed by atoms with E-state index in [-0.39, 0.29) is 5.91 Å². The summed E-state index contributed by atoms with van der Waals surface area (Å²) in [5, 5.41) is 11.0. The molecule has 0 bridgehead atoms. The third kappa shape index (κ3) is 4.00. The molecule has 2 aromatic rings. The number of likely N-dealkylation sites (tertiary alicyclic amines) is 1. The molecule has 2 aromatic heterocycles. The number of carbonyl (C=O) groups excluding carboxylic acids is 1. The number of nitrogens with one attached hydrogen (secondary N) is 1. The summed E-state index contributed by atoms with van der Waals surface area (Å²) in [5.41, 5.74) is 0. The summed E-state index contributed by atoms with van der Waals surface area (Å²) in [4.78, 5) is 18.8. The molecule has 8 nitrogen and oxygen atoms in total. The highest BCUT2D eigenvalue weighted by molar-refractivity contribution is 5.89. The van der Waals surface area contributed by atoms with Crippen LogP contribution in [-0.4, -0.2) is 49.9 Å². The average molecular weight is 332 g/mol. The Labute approximate surface area is 141 Å². The fourth-order valence-electron chi connectivity index (χ4n) is 3.21. The van der Waals surface area contributed by atoms with Gasteiger partial charge in [0.15, 0.2) is 5.82 Å². The van der Waals surface area contributed by atoms with Crippen LogP contribution in [0.25, 0.3) is 0 Å². The number of rotatable bonds is 6. The molecule has 1 aliphatic heterocycles. The van der Waals surface area contributed by atoms with E-state index in [1.54, 1.807) is 13.0 Å². The Morgan fingerprint density at radius 2 is 2.25 bits per heavy atom. The zero-order valence-corrected chi connectivity index (χ0v) is 14.4. The molecule has 0 aromatic carbocycles. The van der Waals surface area contributed by atoms with Crippen molar-refractivity contribution in [1.29, 1.82) is 0 Å². The van der Waals surface area contributed by atoms with Gasteiger partial charge in [0.2, 0.25) is 5.91 Å². The summed E-state index contributed by atoms with van der Waals surface area (Å²) in [7, 11) is 0. The van der Waals surface area contributed by atoms with E-state index < -0.39 is 0 Å². The van der Waals surface area contributed by atoms with Crippen molar-refractivity contribution >= 4 is 11.7 Å². The predicted molar refractivity (Wildman–Crippen MR) is 88.6 cm³/mol. The first-order valence-electron chi connectivity index (χ1n) is 8.36. The van der Waals surface area contributed by atoms with E-state index in [0.717, 1.165) is 44.1 Å². The van der Waals surface area contributed by atoms with Gasteiger partial charge in [-0.3, -0.25) is 9.69 Å². The molecule has 1 aliphatic rings. The van der Waals surface area contributed by atoms with Crippen LogP contribution in [-0.2, 0) is 11.3 Å². The van der Waals surface area contributed by atoms with Crippen molar-refractivity contribution < 1.29 is 9.32 Å². The van der Waals surface area contributed by atoms with Gasteiger partial charge in [-0.25, -0.2) is 9.67 Å². The van der Waals surface area contributed by atoms with Crippen LogP contribution < -0.4 is 5.32 Å². The van der Waals surface area contributed by atoms with Crippen molar-refractivity contribution in [3.05, 3.63) is 23.5 Å². The maximum absolute atomic E-state index is 12.1. The normalized spacial score (nSPS) is 18.2. The van der Waals surface area contributed by atoms with E-state index in [1.807, 2.05) is 18.5 Å². The molecule has 1 saturated heterocycles. The van der Waals surface area contributed by atoms with E-state index in [0.29, 0.717) is 24.0 Å². The van der Waals surface area contributed by atoms with E-state index in [1.165, 1.54) is 0 Å². The minimum atomic E-state index is -0.0401.